The Morgan fingerprint density at radius 3 is 2.82 bits per heavy atom. The standard InChI is InChI=1S/C20H24N4O3S/c1-23(13-14-7-8-18(28-3)17(11-14)27-2)20(26)22-15-5-4-6-16(12-15)24-10-9-21-19(24)25/h4-8,11-12H,9-10,13H2,1-3H3,(H,21,25)(H,22,26). The molecule has 0 aliphatic carbocycles. The highest BCUT2D eigenvalue weighted by Gasteiger charge is 2.21. The van der Waals surface area contributed by atoms with Gasteiger partial charge in [-0.2, -0.15) is 0 Å². The molecule has 0 bridgehead atoms. The van der Waals surface area contributed by atoms with Crippen molar-refractivity contribution < 1.29 is 14.3 Å². The number of amides is 4. The van der Waals surface area contributed by atoms with Gasteiger partial charge in [-0.3, -0.25) is 4.90 Å². The van der Waals surface area contributed by atoms with E-state index >= 15 is 0 Å². The number of nitrogens with one attached hydrogen (secondary N) is 2. The van der Waals surface area contributed by atoms with Crippen molar-refractivity contribution in [1.29, 1.82) is 0 Å². The molecule has 3 rings (SSSR count). The van der Waals surface area contributed by atoms with Gasteiger partial charge in [0.05, 0.1) is 7.11 Å². The number of rotatable bonds is 6. The first-order chi connectivity index (χ1) is 13.5. The molecule has 148 valence electrons. The van der Waals surface area contributed by atoms with Gasteiger partial charge in [-0.05, 0) is 42.2 Å². The molecule has 8 heteroatoms. The summed E-state index contributed by atoms with van der Waals surface area (Å²) < 4.78 is 5.41. The highest BCUT2D eigenvalue weighted by molar-refractivity contribution is 7.98. The van der Waals surface area contributed by atoms with Crippen molar-refractivity contribution >= 4 is 35.2 Å². The molecule has 0 radical (unpaired) electrons. The van der Waals surface area contributed by atoms with Crippen LogP contribution in [0.5, 0.6) is 5.75 Å². The lowest BCUT2D eigenvalue weighted by molar-refractivity contribution is 0.220. The summed E-state index contributed by atoms with van der Waals surface area (Å²) in [4.78, 5) is 28.7. The molecule has 2 aromatic carbocycles. The third kappa shape index (κ3) is 4.51. The highest BCUT2D eigenvalue weighted by Crippen LogP contribution is 2.28. The summed E-state index contributed by atoms with van der Waals surface area (Å²) in [7, 11) is 3.38. The summed E-state index contributed by atoms with van der Waals surface area (Å²) in [5.41, 5.74) is 2.38. The number of thioether (sulfide) groups is 1. The molecule has 28 heavy (non-hydrogen) atoms. The van der Waals surface area contributed by atoms with Crippen molar-refractivity contribution in [3.63, 3.8) is 0 Å². The summed E-state index contributed by atoms with van der Waals surface area (Å²) in [5, 5.41) is 5.66. The SMILES string of the molecule is COc1cc(CN(C)C(=O)Nc2cccc(N3CCNC3=O)c2)ccc1SC. The minimum Gasteiger partial charge on any atom is -0.496 e. The van der Waals surface area contributed by atoms with Gasteiger partial charge >= 0.3 is 12.1 Å². The average molecular weight is 401 g/mol. The fourth-order valence-electron chi connectivity index (χ4n) is 3.01. The lowest BCUT2D eigenvalue weighted by Gasteiger charge is -2.20. The molecule has 4 amide bonds. The van der Waals surface area contributed by atoms with Gasteiger partial charge in [-0.15, -0.1) is 11.8 Å². The lowest BCUT2D eigenvalue weighted by atomic mass is 10.2. The van der Waals surface area contributed by atoms with Crippen LogP contribution in [-0.4, -0.2) is 50.5 Å². The van der Waals surface area contributed by atoms with Crippen LogP contribution in [-0.2, 0) is 6.54 Å². The molecule has 0 atom stereocenters. The van der Waals surface area contributed by atoms with E-state index < -0.39 is 0 Å². The second kappa shape index (κ2) is 8.88. The van der Waals surface area contributed by atoms with Gasteiger partial charge < -0.3 is 20.3 Å². The molecule has 1 saturated heterocycles. The molecule has 2 aromatic rings. The molecule has 1 fully saturated rings. The van der Waals surface area contributed by atoms with Crippen molar-refractivity contribution in [1.82, 2.24) is 10.2 Å². The van der Waals surface area contributed by atoms with Crippen LogP contribution in [0.1, 0.15) is 5.56 Å². The van der Waals surface area contributed by atoms with E-state index in [0.717, 1.165) is 21.9 Å². The number of methoxy groups -OCH3 is 1. The second-order valence-electron chi connectivity index (χ2n) is 6.41. The summed E-state index contributed by atoms with van der Waals surface area (Å²) in [5.74, 6) is 0.801. The molecule has 1 heterocycles. The van der Waals surface area contributed by atoms with E-state index in [4.69, 9.17) is 4.74 Å². The van der Waals surface area contributed by atoms with Gasteiger partial charge in [0.2, 0.25) is 0 Å². The van der Waals surface area contributed by atoms with Gasteiger partial charge in [-0.1, -0.05) is 12.1 Å². The van der Waals surface area contributed by atoms with Crippen LogP contribution in [0.15, 0.2) is 47.4 Å². The van der Waals surface area contributed by atoms with E-state index in [9.17, 15) is 9.59 Å². The van der Waals surface area contributed by atoms with Crippen molar-refractivity contribution in [2.45, 2.75) is 11.4 Å². The Kier molecular flexibility index (Phi) is 6.30. The molecular weight excluding hydrogens is 376 g/mol. The Bertz CT molecular complexity index is 874. The summed E-state index contributed by atoms with van der Waals surface area (Å²) in [6.07, 6.45) is 2.00. The zero-order valence-electron chi connectivity index (χ0n) is 16.2. The smallest absolute Gasteiger partial charge is 0.321 e. The van der Waals surface area contributed by atoms with Crippen molar-refractivity contribution in [2.75, 3.05) is 43.7 Å². The van der Waals surface area contributed by atoms with Crippen LogP contribution in [0.2, 0.25) is 0 Å². The van der Waals surface area contributed by atoms with Gasteiger partial charge in [0.1, 0.15) is 5.75 Å². The second-order valence-corrected chi connectivity index (χ2v) is 7.26. The van der Waals surface area contributed by atoms with Crippen molar-refractivity contribution in [2.24, 2.45) is 0 Å². The van der Waals surface area contributed by atoms with Gasteiger partial charge in [0.25, 0.3) is 0 Å². The van der Waals surface area contributed by atoms with Crippen LogP contribution in [0.3, 0.4) is 0 Å². The first-order valence-electron chi connectivity index (χ1n) is 8.90. The molecule has 7 nitrogen and oxygen atoms in total. The monoisotopic (exact) mass is 400 g/mol. The Balaban J connectivity index is 1.65. The molecule has 0 unspecified atom stereocenters. The fraction of sp³-hybridized carbons (Fsp3) is 0.300. The first kappa shape index (κ1) is 19.9. The number of ether oxygens (including phenoxy) is 1. The van der Waals surface area contributed by atoms with Crippen molar-refractivity contribution in [3.8, 4) is 5.75 Å². The molecule has 1 aliphatic heterocycles. The summed E-state index contributed by atoms with van der Waals surface area (Å²) in [6, 6.07) is 12.9. The van der Waals surface area contributed by atoms with Crippen LogP contribution < -0.4 is 20.3 Å². The number of benzene rings is 2. The minimum absolute atomic E-state index is 0.122. The molecular formula is C20H24N4O3S. The molecule has 0 aromatic heterocycles. The number of anilines is 2. The van der Waals surface area contributed by atoms with Crippen LogP contribution in [0.4, 0.5) is 21.0 Å². The lowest BCUT2D eigenvalue weighted by Crippen LogP contribution is -2.31. The first-order valence-corrected chi connectivity index (χ1v) is 10.1. The van der Waals surface area contributed by atoms with E-state index in [1.54, 1.807) is 47.9 Å². The van der Waals surface area contributed by atoms with Crippen LogP contribution in [0.25, 0.3) is 0 Å². The van der Waals surface area contributed by atoms with Gasteiger partial charge in [0.15, 0.2) is 0 Å². The number of hydrogen-bond donors (Lipinski definition) is 2. The molecule has 0 saturated carbocycles. The number of nitrogens with zero attached hydrogens (tertiary/aromatic N) is 2. The number of carbonyl (C=O) groups is 2. The predicted molar refractivity (Wildman–Crippen MR) is 112 cm³/mol. The fourth-order valence-corrected chi connectivity index (χ4v) is 3.56. The van der Waals surface area contributed by atoms with E-state index in [0.29, 0.717) is 25.3 Å². The van der Waals surface area contributed by atoms with Crippen LogP contribution >= 0.6 is 11.8 Å². The quantitative estimate of drug-likeness (QED) is 0.727. The minimum atomic E-state index is -0.226. The molecule has 1 aliphatic rings. The zero-order valence-corrected chi connectivity index (χ0v) is 17.0. The largest absolute Gasteiger partial charge is 0.496 e. The number of urea groups is 2. The zero-order chi connectivity index (χ0) is 20.1. The van der Waals surface area contributed by atoms with E-state index in [1.807, 2.05) is 36.6 Å². The average Bonchev–Trinajstić information content (AvgIpc) is 3.14. The van der Waals surface area contributed by atoms with Crippen LogP contribution in [0, 0.1) is 0 Å². The third-order valence-corrected chi connectivity index (χ3v) is 5.26. The van der Waals surface area contributed by atoms with E-state index in [2.05, 4.69) is 10.6 Å². The Morgan fingerprint density at radius 1 is 1.32 bits per heavy atom. The van der Waals surface area contributed by atoms with Gasteiger partial charge in [-0.25, -0.2) is 9.59 Å². The Labute approximate surface area is 169 Å². The van der Waals surface area contributed by atoms with Gasteiger partial charge in [0, 0.05) is 43.0 Å². The Morgan fingerprint density at radius 2 is 2.14 bits per heavy atom. The van der Waals surface area contributed by atoms with E-state index in [1.165, 1.54) is 0 Å². The number of hydrogen-bond acceptors (Lipinski definition) is 4. The molecule has 0 spiro atoms. The third-order valence-electron chi connectivity index (χ3n) is 4.48. The van der Waals surface area contributed by atoms with E-state index in [-0.39, 0.29) is 12.1 Å². The number of carbonyl (C=O) groups excluding carboxylic acids is 2. The molecule has 2 N–H and O–H groups in total. The summed E-state index contributed by atoms with van der Waals surface area (Å²) in [6.45, 7) is 1.69. The highest BCUT2D eigenvalue weighted by atomic mass is 32.2. The maximum Gasteiger partial charge on any atom is 0.321 e. The maximum absolute atomic E-state index is 12.6. The summed E-state index contributed by atoms with van der Waals surface area (Å²) >= 11 is 1.62. The topological polar surface area (TPSA) is 73.9 Å². The maximum atomic E-state index is 12.6. The van der Waals surface area contributed by atoms with Crippen molar-refractivity contribution in [3.05, 3.63) is 48.0 Å². The Hall–Kier alpha value is -2.87. The normalized spacial score (nSPS) is 13.2. The predicted octanol–water partition coefficient (Wildman–Crippen LogP) is 3.61.